The molecule has 48 valence electrons. The largest absolute Gasteiger partial charge is 0.427 e. The van der Waals surface area contributed by atoms with Crippen molar-refractivity contribution in [3.63, 3.8) is 0 Å². The van der Waals surface area contributed by atoms with E-state index in [-0.39, 0.29) is 0 Å². The minimum atomic E-state index is 0.414. The molecule has 0 aromatic rings. The van der Waals surface area contributed by atoms with Crippen molar-refractivity contribution in [2.75, 3.05) is 13.2 Å². The second kappa shape index (κ2) is 7.09. The van der Waals surface area contributed by atoms with Gasteiger partial charge < -0.3 is 4.74 Å². The molecule has 0 aromatic carbocycles. The van der Waals surface area contributed by atoms with Gasteiger partial charge in [0.1, 0.15) is 6.61 Å². The van der Waals surface area contributed by atoms with Crippen molar-refractivity contribution in [2.24, 2.45) is 4.99 Å². The lowest BCUT2D eigenvalue weighted by Gasteiger charge is -1.89. The van der Waals surface area contributed by atoms with E-state index in [0.29, 0.717) is 13.2 Å². The van der Waals surface area contributed by atoms with E-state index in [1.807, 2.05) is 0 Å². The Balaban J connectivity index is 2.93. The molecule has 0 aliphatic rings. The molecular formula is C5H6N2OS. The molecule has 0 aliphatic heterocycles. The van der Waals surface area contributed by atoms with E-state index < -0.39 is 0 Å². The Morgan fingerprint density at radius 3 is 3.00 bits per heavy atom. The van der Waals surface area contributed by atoms with Gasteiger partial charge in [0.25, 0.3) is 6.26 Å². The van der Waals surface area contributed by atoms with Crippen LogP contribution in [0.25, 0.3) is 0 Å². The minimum Gasteiger partial charge on any atom is -0.427 e. The third kappa shape index (κ3) is 7.09. The van der Waals surface area contributed by atoms with Crippen LogP contribution in [-0.4, -0.2) is 18.3 Å². The molecule has 0 saturated carbocycles. The van der Waals surface area contributed by atoms with Gasteiger partial charge in [-0.3, -0.25) is 0 Å². The molecule has 0 fully saturated rings. The average Bonchev–Trinajstić information content (AvgIpc) is 1.89. The highest BCUT2D eigenvalue weighted by Crippen LogP contribution is 1.80. The lowest BCUT2D eigenvalue weighted by molar-refractivity contribution is 0.267. The van der Waals surface area contributed by atoms with Crippen LogP contribution >= 0.6 is 12.2 Å². The second-order valence-electron chi connectivity index (χ2n) is 1.27. The lowest BCUT2D eigenvalue weighted by atomic mass is 10.5. The molecule has 0 spiro atoms. The molecule has 9 heavy (non-hydrogen) atoms. The summed E-state index contributed by atoms with van der Waals surface area (Å²) in [4.78, 5) is 3.62. The predicted molar refractivity (Wildman–Crippen MR) is 36.1 cm³/mol. The van der Waals surface area contributed by atoms with Crippen LogP contribution < -0.4 is 0 Å². The summed E-state index contributed by atoms with van der Waals surface area (Å²) in [5.41, 5.74) is 0. The quantitative estimate of drug-likeness (QED) is 0.254. The first kappa shape index (κ1) is 8.09. The molecule has 0 unspecified atom stereocenters. The fourth-order valence-electron chi connectivity index (χ4n) is 0.307. The molecule has 0 aliphatic carbocycles. The highest BCUT2D eigenvalue weighted by Gasteiger charge is 1.82. The van der Waals surface area contributed by atoms with Crippen molar-refractivity contribution < 1.29 is 4.74 Å². The number of rotatable bonds is 4. The molecule has 0 heterocycles. The highest BCUT2D eigenvalue weighted by molar-refractivity contribution is 7.78. The fourth-order valence-corrected chi connectivity index (χ4v) is 0.398. The molecule has 0 bridgehead atoms. The number of nitriles is 1. The summed E-state index contributed by atoms with van der Waals surface area (Å²) in [6.07, 6.45) is 2.28. The van der Waals surface area contributed by atoms with Crippen LogP contribution in [-0.2, 0) is 4.74 Å². The third-order valence-corrected chi connectivity index (χ3v) is 0.775. The summed E-state index contributed by atoms with van der Waals surface area (Å²) in [7, 11) is 0. The van der Waals surface area contributed by atoms with Gasteiger partial charge in [0.05, 0.1) is 11.7 Å². The smallest absolute Gasteiger partial charge is 0.286 e. The van der Waals surface area contributed by atoms with E-state index in [1.54, 1.807) is 6.26 Å². The number of hydrogen-bond donors (Lipinski definition) is 0. The number of isothiocyanates is 1. The summed E-state index contributed by atoms with van der Waals surface area (Å²) in [5.74, 6) is 0. The Kier molecular flexibility index (Phi) is 6.37. The van der Waals surface area contributed by atoms with Crippen LogP contribution in [0.4, 0.5) is 0 Å². The summed E-state index contributed by atoms with van der Waals surface area (Å²) in [6.45, 7) is 1.00. The van der Waals surface area contributed by atoms with Crippen molar-refractivity contribution in [3.05, 3.63) is 0 Å². The monoisotopic (exact) mass is 142 g/mol. The number of nitrogens with zero attached hydrogens (tertiary/aromatic N) is 2. The third-order valence-electron chi connectivity index (χ3n) is 0.645. The Morgan fingerprint density at radius 2 is 2.44 bits per heavy atom. The molecule has 0 atom stereocenters. The second-order valence-corrected chi connectivity index (χ2v) is 1.45. The highest BCUT2D eigenvalue weighted by atomic mass is 32.1. The molecular weight excluding hydrogens is 136 g/mol. The zero-order valence-electron chi connectivity index (χ0n) is 4.83. The molecule has 0 radical (unpaired) electrons. The maximum absolute atomic E-state index is 7.88. The van der Waals surface area contributed by atoms with Gasteiger partial charge in [0.15, 0.2) is 0 Å². The van der Waals surface area contributed by atoms with Crippen LogP contribution in [0.15, 0.2) is 4.99 Å². The van der Waals surface area contributed by atoms with Gasteiger partial charge in [-0.2, -0.15) is 5.26 Å². The number of thiocarbonyl (C=S) groups is 1. The van der Waals surface area contributed by atoms with E-state index in [4.69, 9.17) is 5.26 Å². The van der Waals surface area contributed by atoms with Crippen molar-refractivity contribution in [2.45, 2.75) is 6.42 Å². The van der Waals surface area contributed by atoms with Crippen molar-refractivity contribution in [3.8, 4) is 6.26 Å². The Labute approximate surface area is 59.0 Å². The van der Waals surface area contributed by atoms with Gasteiger partial charge in [0.2, 0.25) is 0 Å². The van der Waals surface area contributed by atoms with Crippen LogP contribution in [0.2, 0.25) is 0 Å². The summed E-state index contributed by atoms with van der Waals surface area (Å²) >= 11 is 4.31. The van der Waals surface area contributed by atoms with E-state index in [2.05, 4.69) is 27.1 Å². The molecule has 0 aromatic heterocycles. The van der Waals surface area contributed by atoms with Crippen LogP contribution in [0.5, 0.6) is 0 Å². The van der Waals surface area contributed by atoms with Gasteiger partial charge in [-0.15, -0.1) is 0 Å². The van der Waals surface area contributed by atoms with Gasteiger partial charge in [-0.1, -0.05) is 0 Å². The first-order valence-electron chi connectivity index (χ1n) is 2.46. The summed E-state index contributed by atoms with van der Waals surface area (Å²) < 4.78 is 4.36. The maximum Gasteiger partial charge on any atom is 0.286 e. The van der Waals surface area contributed by atoms with E-state index in [9.17, 15) is 0 Å². The summed E-state index contributed by atoms with van der Waals surface area (Å²) in [5, 5.41) is 10.1. The van der Waals surface area contributed by atoms with Crippen molar-refractivity contribution in [1.82, 2.24) is 0 Å². The average molecular weight is 142 g/mol. The predicted octanol–water partition coefficient (Wildman–Crippen LogP) is 0.977. The minimum absolute atomic E-state index is 0.414. The number of aliphatic imine (C=N–C) groups is 1. The van der Waals surface area contributed by atoms with Crippen molar-refractivity contribution >= 4 is 17.4 Å². The van der Waals surface area contributed by atoms with Crippen molar-refractivity contribution in [1.29, 1.82) is 5.26 Å². The topological polar surface area (TPSA) is 45.4 Å². The van der Waals surface area contributed by atoms with E-state index in [0.717, 1.165) is 6.42 Å². The summed E-state index contributed by atoms with van der Waals surface area (Å²) in [6, 6.07) is 0. The van der Waals surface area contributed by atoms with Crippen LogP contribution in [0, 0.1) is 11.5 Å². The fraction of sp³-hybridized carbons (Fsp3) is 0.600. The SMILES string of the molecule is N#COCCCN=C=S. The van der Waals surface area contributed by atoms with E-state index in [1.165, 1.54) is 0 Å². The number of hydrogen-bond acceptors (Lipinski definition) is 4. The molecule has 3 nitrogen and oxygen atoms in total. The zero-order chi connectivity index (χ0) is 6.95. The first-order valence-corrected chi connectivity index (χ1v) is 2.87. The van der Waals surface area contributed by atoms with Gasteiger partial charge in [-0.25, -0.2) is 4.99 Å². The molecule has 0 amide bonds. The molecule has 0 saturated heterocycles. The lowest BCUT2D eigenvalue weighted by Crippen LogP contribution is -1.89. The first-order chi connectivity index (χ1) is 4.41. The molecule has 0 N–H and O–H groups in total. The van der Waals surface area contributed by atoms with E-state index >= 15 is 0 Å². The van der Waals surface area contributed by atoms with Crippen LogP contribution in [0.3, 0.4) is 0 Å². The van der Waals surface area contributed by atoms with Gasteiger partial charge in [0, 0.05) is 6.42 Å². The Bertz CT molecular complexity index is 146. The Hall–Kier alpha value is -0.910. The molecule has 0 rings (SSSR count). The van der Waals surface area contributed by atoms with Gasteiger partial charge >= 0.3 is 0 Å². The zero-order valence-corrected chi connectivity index (χ0v) is 5.65. The van der Waals surface area contributed by atoms with Gasteiger partial charge in [-0.05, 0) is 12.2 Å². The number of ether oxygens (including phenoxy) is 1. The van der Waals surface area contributed by atoms with Crippen LogP contribution in [0.1, 0.15) is 6.42 Å². The Morgan fingerprint density at radius 1 is 1.67 bits per heavy atom. The normalized spacial score (nSPS) is 7.00. The molecule has 4 heteroatoms. The maximum atomic E-state index is 7.88. The standard InChI is InChI=1S/C5H6N2OS/c6-4-8-3-1-2-7-5-9/h1-3H2.